The Balaban J connectivity index is 1.51. The number of hydrogen-bond acceptors (Lipinski definition) is 6. The predicted octanol–water partition coefficient (Wildman–Crippen LogP) is 3.98. The van der Waals surface area contributed by atoms with E-state index in [1.54, 1.807) is 28.9 Å². The number of aromatic nitrogens is 2. The van der Waals surface area contributed by atoms with Gasteiger partial charge in [0.25, 0.3) is 5.91 Å². The van der Waals surface area contributed by atoms with Crippen LogP contribution in [-0.4, -0.2) is 27.3 Å². The van der Waals surface area contributed by atoms with Crippen LogP contribution in [0.25, 0.3) is 5.69 Å². The highest BCUT2D eigenvalue weighted by molar-refractivity contribution is 9.10. The minimum atomic E-state index is -0.384. The Bertz CT molecular complexity index is 1000. The second kappa shape index (κ2) is 9.27. The van der Waals surface area contributed by atoms with E-state index in [1.807, 2.05) is 30.3 Å². The molecule has 1 aromatic heterocycles. The van der Waals surface area contributed by atoms with E-state index in [0.717, 1.165) is 10.2 Å². The molecule has 138 valence electrons. The maximum absolute atomic E-state index is 12.0. The fraction of sp³-hybridized carbons (Fsp3) is 0.0588. The van der Waals surface area contributed by atoms with Gasteiger partial charge < -0.3 is 0 Å². The number of para-hydroxylation sites is 1. The summed E-state index contributed by atoms with van der Waals surface area (Å²) in [6, 6.07) is 16.4. The SMILES string of the molecule is O=C(CSc1nn(-c2ccccc2)c(=S)s1)NNC(=O)c1ccc(Br)cc1. The molecule has 27 heavy (non-hydrogen) atoms. The molecular formula is C17H13BrN4O2S3. The van der Waals surface area contributed by atoms with Crippen molar-refractivity contribution < 1.29 is 9.59 Å². The van der Waals surface area contributed by atoms with E-state index in [4.69, 9.17) is 12.2 Å². The first-order chi connectivity index (χ1) is 13.0. The number of nitrogens with one attached hydrogen (secondary N) is 2. The van der Waals surface area contributed by atoms with Crippen molar-refractivity contribution in [2.24, 2.45) is 0 Å². The molecule has 2 N–H and O–H groups in total. The number of amides is 2. The van der Waals surface area contributed by atoms with Gasteiger partial charge in [0.05, 0.1) is 11.4 Å². The number of hydrogen-bond donors (Lipinski definition) is 2. The van der Waals surface area contributed by atoms with E-state index in [2.05, 4.69) is 31.9 Å². The number of halogens is 1. The Morgan fingerprint density at radius 3 is 2.52 bits per heavy atom. The molecule has 0 aliphatic carbocycles. The van der Waals surface area contributed by atoms with Gasteiger partial charge in [-0.3, -0.25) is 20.4 Å². The summed E-state index contributed by atoms with van der Waals surface area (Å²) >= 11 is 11.2. The highest BCUT2D eigenvalue weighted by Crippen LogP contribution is 2.23. The quantitative estimate of drug-likeness (QED) is 0.328. The summed E-state index contributed by atoms with van der Waals surface area (Å²) in [5.41, 5.74) is 6.10. The third-order valence-corrected chi connectivity index (χ3v) is 6.17. The number of benzene rings is 2. The first-order valence-electron chi connectivity index (χ1n) is 7.66. The van der Waals surface area contributed by atoms with Crippen molar-refractivity contribution in [2.45, 2.75) is 4.34 Å². The summed E-state index contributed by atoms with van der Waals surface area (Å²) in [5.74, 6) is -0.611. The van der Waals surface area contributed by atoms with Crippen molar-refractivity contribution in [3.8, 4) is 5.69 Å². The van der Waals surface area contributed by atoms with Gasteiger partial charge in [0.1, 0.15) is 0 Å². The molecule has 0 radical (unpaired) electrons. The van der Waals surface area contributed by atoms with E-state index >= 15 is 0 Å². The lowest BCUT2D eigenvalue weighted by atomic mass is 10.2. The zero-order valence-electron chi connectivity index (χ0n) is 13.7. The molecule has 0 spiro atoms. The number of thioether (sulfide) groups is 1. The minimum absolute atomic E-state index is 0.109. The summed E-state index contributed by atoms with van der Waals surface area (Å²) in [6.45, 7) is 0. The van der Waals surface area contributed by atoms with Gasteiger partial charge in [0, 0.05) is 10.0 Å². The predicted molar refractivity (Wildman–Crippen MR) is 113 cm³/mol. The van der Waals surface area contributed by atoms with E-state index in [0.29, 0.717) is 13.9 Å². The summed E-state index contributed by atoms with van der Waals surface area (Å²) in [6.07, 6.45) is 0. The molecule has 3 rings (SSSR count). The number of carbonyl (C=O) groups is 2. The number of nitrogens with zero attached hydrogens (tertiary/aromatic N) is 2. The van der Waals surface area contributed by atoms with Gasteiger partial charge in [-0.15, -0.1) is 5.10 Å². The van der Waals surface area contributed by atoms with E-state index in [9.17, 15) is 9.59 Å². The van der Waals surface area contributed by atoms with Crippen molar-refractivity contribution >= 4 is 63.1 Å². The zero-order chi connectivity index (χ0) is 19.2. The Kier molecular flexibility index (Phi) is 6.78. The number of carbonyl (C=O) groups excluding carboxylic acids is 2. The van der Waals surface area contributed by atoms with Crippen LogP contribution in [0.1, 0.15) is 10.4 Å². The molecule has 10 heteroatoms. The van der Waals surface area contributed by atoms with Crippen LogP contribution in [0, 0.1) is 3.95 Å². The van der Waals surface area contributed by atoms with Crippen LogP contribution in [0.3, 0.4) is 0 Å². The van der Waals surface area contributed by atoms with Crippen LogP contribution >= 0.6 is 51.2 Å². The van der Waals surface area contributed by atoms with Gasteiger partial charge in [-0.2, -0.15) is 0 Å². The molecule has 2 amide bonds. The average Bonchev–Trinajstić information content (AvgIpc) is 3.06. The molecule has 6 nitrogen and oxygen atoms in total. The third-order valence-electron chi connectivity index (χ3n) is 3.28. The van der Waals surface area contributed by atoms with Crippen molar-refractivity contribution in [1.29, 1.82) is 0 Å². The van der Waals surface area contributed by atoms with Crippen LogP contribution in [0.2, 0.25) is 0 Å². The zero-order valence-corrected chi connectivity index (χ0v) is 17.8. The fourth-order valence-electron chi connectivity index (χ4n) is 2.01. The molecule has 0 unspecified atom stereocenters. The molecule has 0 atom stereocenters. The topological polar surface area (TPSA) is 76.0 Å². The van der Waals surface area contributed by atoms with Crippen LogP contribution in [-0.2, 0) is 4.79 Å². The third kappa shape index (κ3) is 5.48. The Morgan fingerprint density at radius 2 is 1.81 bits per heavy atom. The first kappa shape index (κ1) is 19.7. The maximum Gasteiger partial charge on any atom is 0.269 e. The van der Waals surface area contributed by atoms with Gasteiger partial charge in [-0.25, -0.2) is 4.68 Å². The Labute approximate surface area is 177 Å². The minimum Gasteiger partial charge on any atom is -0.272 e. The standard InChI is InChI=1S/C17H13BrN4O2S3/c18-12-8-6-11(7-9-12)15(24)20-19-14(23)10-26-16-21-22(17(25)27-16)13-4-2-1-3-5-13/h1-9H,10H2,(H,19,23)(H,20,24). The molecule has 0 fully saturated rings. The lowest BCUT2D eigenvalue weighted by Crippen LogP contribution is -2.42. The van der Waals surface area contributed by atoms with Crippen LogP contribution < -0.4 is 10.9 Å². The molecule has 1 heterocycles. The van der Waals surface area contributed by atoms with Crippen LogP contribution in [0.5, 0.6) is 0 Å². The molecular weight excluding hydrogens is 468 g/mol. The summed E-state index contributed by atoms with van der Waals surface area (Å²) in [4.78, 5) is 23.9. The summed E-state index contributed by atoms with van der Waals surface area (Å²) in [7, 11) is 0. The lowest BCUT2D eigenvalue weighted by molar-refractivity contribution is -0.119. The highest BCUT2D eigenvalue weighted by atomic mass is 79.9. The molecule has 3 aromatic rings. The smallest absolute Gasteiger partial charge is 0.269 e. The fourth-order valence-corrected chi connectivity index (χ4v) is 4.44. The normalized spacial score (nSPS) is 10.4. The summed E-state index contributed by atoms with van der Waals surface area (Å²) < 4.78 is 3.82. The van der Waals surface area contributed by atoms with Gasteiger partial charge in [-0.1, -0.05) is 57.2 Å². The molecule has 0 aliphatic rings. The first-order valence-corrected chi connectivity index (χ1v) is 10.7. The summed E-state index contributed by atoms with van der Waals surface area (Å²) in [5, 5.41) is 4.43. The largest absolute Gasteiger partial charge is 0.272 e. The number of hydrazine groups is 1. The van der Waals surface area contributed by atoms with Crippen molar-refractivity contribution in [3.05, 3.63) is 68.6 Å². The van der Waals surface area contributed by atoms with Gasteiger partial charge >= 0.3 is 0 Å². The van der Waals surface area contributed by atoms with Gasteiger partial charge in [-0.05, 0) is 48.6 Å². The molecule has 0 aliphatic heterocycles. The molecule has 0 bridgehead atoms. The maximum atomic E-state index is 12.0. The molecule has 2 aromatic carbocycles. The van der Waals surface area contributed by atoms with Crippen LogP contribution in [0.4, 0.5) is 0 Å². The van der Waals surface area contributed by atoms with E-state index < -0.39 is 0 Å². The Hall–Kier alpha value is -2.01. The van der Waals surface area contributed by atoms with Crippen molar-refractivity contribution in [2.75, 3.05) is 5.75 Å². The Morgan fingerprint density at radius 1 is 1.11 bits per heavy atom. The monoisotopic (exact) mass is 480 g/mol. The van der Waals surface area contributed by atoms with Crippen molar-refractivity contribution in [1.82, 2.24) is 20.6 Å². The van der Waals surface area contributed by atoms with Crippen molar-refractivity contribution in [3.63, 3.8) is 0 Å². The van der Waals surface area contributed by atoms with Gasteiger partial charge in [0.15, 0.2) is 8.29 Å². The van der Waals surface area contributed by atoms with E-state index in [1.165, 1.54) is 23.1 Å². The molecule has 0 saturated heterocycles. The second-order valence-electron chi connectivity index (χ2n) is 5.18. The average molecular weight is 481 g/mol. The van der Waals surface area contributed by atoms with Gasteiger partial charge in [0.2, 0.25) is 5.91 Å². The highest BCUT2D eigenvalue weighted by Gasteiger charge is 2.11. The number of rotatable bonds is 5. The second-order valence-corrected chi connectivity index (χ2v) is 8.94. The lowest BCUT2D eigenvalue weighted by Gasteiger charge is -2.06. The van der Waals surface area contributed by atoms with E-state index in [-0.39, 0.29) is 17.6 Å². The molecule has 0 saturated carbocycles. The van der Waals surface area contributed by atoms with Crippen LogP contribution in [0.15, 0.2) is 63.4 Å².